The Labute approximate surface area is 191 Å². The predicted molar refractivity (Wildman–Crippen MR) is 131 cm³/mol. The number of methoxy groups -OCH3 is 2. The van der Waals surface area contributed by atoms with Crippen molar-refractivity contribution in [2.24, 2.45) is 4.99 Å². The predicted octanol–water partition coefficient (Wildman–Crippen LogP) is 3.51. The average Bonchev–Trinajstić information content (AvgIpc) is 2.73. The Hall–Kier alpha value is -2.00. The molecule has 0 atom stereocenters. The summed E-state index contributed by atoms with van der Waals surface area (Å²) in [4.78, 5) is 6.62. The first-order chi connectivity index (χ1) is 13.7. The number of guanidine groups is 1. The van der Waals surface area contributed by atoms with E-state index in [9.17, 15) is 0 Å². The Morgan fingerprint density at radius 2 is 1.69 bits per heavy atom. The average molecular weight is 512 g/mol. The minimum Gasteiger partial charge on any atom is -0.493 e. The second-order valence-corrected chi connectivity index (χ2v) is 6.62. The zero-order chi connectivity index (χ0) is 20.2. The van der Waals surface area contributed by atoms with E-state index >= 15 is 0 Å². The molecule has 0 aromatic heterocycles. The minimum absolute atomic E-state index is 0. The summed E-state index contributed by atoms with van der Waals surface area (Å²) in [5.41, 5.74) is 2.44. The summed E-state index contributed by atoms with van der Waals surface area (Å²) in [5, 5.41) is 6.70. The van der Waals surface area contributed by atoms with Crippen LogP contribution in [0.5, 0.6) is 11.5 Å². The summed E-state index contributed by atoms with van der Waals surface area (Å²) >= 11 is 0. The van der Waals surface area contributed by atoms with Gasteiger partial charge in [0.15, 0.2) is 17.5 Å². The maximum atomic E-state index is 5.35. The zero-order valence-electron chi connectivity index (χ0n) is 17.8. The van der Waals surface area contributed by atoms with Crippen molar-refractivity contribution in [1.82, 2.24) is 15.5 Å². The largest absolute Gasteiger partial charge is 0.493 e. The van der Waals surface area contributed by atoms with Gasteiger partial charge < -0.3 is 25.0 Å². The van der Waals surface area contributed by atoms with E-state index in [2.05, 4.69) is 51.8 Å². The SMILES string of the molecule is CN=C(NCCCN(C)Cc1ccccc1)NCc1ccc(OC)c(OC)c1.I. The maximum Gasteiger partial charge on any atom is 0.191 e. The minimum atomic E-state index is 0. The van der Waals surface area contributed by atoms with Gasteiger partial charge in [0, 0.05) is 26.7 Å². The molecule has 2 rings (SSSR count). The van der Waals surface area contributed by atoms with Gasteiger partial charge in [-0.15, -0.1) is 24.0 Å². The molecule has 2 aromatic rings. The molecule has 0 aliphatic carbocycles. The molecule has 0 unspecified atom stereocenters. The third-order valence-corrected chi connectivity index (χ3v) is 4.44. The van der Waals surface area contributed by atoms with Crippen LogP contribution in [-0.4, -0.2) is 52.3 Å². The summed E-state index contributed by atoms with van der Waals surface area (Å²) in [6, 6.07) is 16.4. The number of hydrogen-bond acceptors (Lipinski definition) is 4. The highest BCUT2D eigenvalue weighted by Crippen LogP contribution is 2.27. The highest BCUT2D eigenvalue weighted by Gasteiger charge is 2.05. The van der Waals surface area contributed by atoms with Gasteiger partial charge in [0.2, 0.25) is 0 Å². The summed E-state index contributed by atoms with van der Waals surface area (Å²) in [6.45, 7) is 3.51. The number of ether oxygens (including phenoxy) is 2. The van der Waals surface area contributed by atoms with Crippen LogP contribution < -0.4 is 20.1 Å². The lowest BCUT2D eigenvalue weighted by atomic mass is 10.2. The summed E-state index contributed by atoms with van der Waals surface area (Å²) < 4.78 is 10.6. The lowest BCUT2D eigenvalue weighted by molar-refractivity contribution is 0.322. The molecule has 0 amide bonds. The van der Waals surface area contributed by atoms with E-state index in [1.807, 2.05) is 24.3 Å². The van der Waals surface area contributed by atoms with Crippen LogP contribution in [0.4, 0.5) is 0 Å². The number of nitrogens with one attached hydrogen (secondary N) is 2. The van der Waals surface area contributed by atoms with Gasteiger partial charge in [-0.25, -0.2) is 0 Å². The van der Waals surface area contributed by atoms with E-state index in [1.54, 1.807) is 21.3 Å². The monoisotopic (exact) mass is 512 g/mol. The van der Waals surface area contributed by atoms with Gasteiger partial charge in [0.1, 0.15) is 0 Å². The van der Waals surface area contributed by atoms with Crippen LogP contribution in [0, 0.1) is 0 Å². The number of rotatable bonds is 10. The first-order valence-corrected chi connectivity index (χ1v) is 9.54. The third kappa shape index (κ3) is 8.91. The molecular weight excluding hydrogens is 479 g/mol. The van der Waals surface area contributed by atoms with Crippen molar-refractivity contribution in [3.63, 3.8) is 0 Å². The number of benzene rings is 2. The molecule has 2 N–H and O–H groups in total. The standard InChI is InChI=1S/C22H32N4O2.HI/c1-23-22(25-16-19-11-12-20(27-3)21(15-19)28-4)24-13-8-14-26(2)17-18-9-6-5-7-10-18;/h5-7,9-12,15H,8,13-14,16-17H2,1-4H3,(H2,23,24,25);1H. The molecule has 0 aliphatic rings. The Balaban J connectivity index is 0.00000420. The van der Waals surface area contributed by atoms with E-state index in [4.69, 9.17) is 9.47 Å². The fraction of sp³-hybridized carbons (Fsp3) is 0.409. The molecule has 0 fully saturated rings. The number of aliphatic imine (C=N–C) groups is 1. The van der Waals surface area contributed by atoms with Crippen molar-refractivity contribution in [2.75, 3.05) is 41.4 Å². The second-order valence-electron chi connectivity index (χ2n) is 6.62. The van der Waals surface area contributed by atoms with Gasteiger partial charge >= 0.3 is 0 Å². The second kappa shape index (κ2) is 14.1. The highest BCUT2D eigenvalue weighted by molar-refractivity contribution is 14.0. The fourth-order valence-electron chi connectivity index (χ4n) is 2.93. The van der Waals surface area contributed by atoms with Gasteiger partial charge in [0.25, 0.3) is 0 Å². The van der Waals surface area contributed by atoms with Crippen LogP contribution in [0.1, 0.15) is 17.5 Å². The van der Waals surface area contributed by atoms with Crippen molar-refractivity contribution in [3.8, 4) is 11.5 Å². The van der Waals surface area contributed by atoms with Crippen LogP contribution in [-0.2, 0) is 13.1 Å². The molecule has 6 nitrogen and oxygen atoms in total. The van der Waals surface area contributed by atoms with E-state index in [0.29, 0.717) is 6.54 Å². The lowest BCUT2D eigenvalue weighted by Gasteiger charge is -2.17. The molecule has 0 bridgehead atoms. The van der Waals surface area contributed by atoms with Gasteiger partial charge in [0.05, 0.1) is 14.2 Å². The first kappa shape index (κ1) is 25.0. The molecule has 2 aromatic carbocycles. The van der Waals surface area contributed by atoms with Crippen molar-refractivity contribution in [1.29, 1.82) is 0 Å². The molecule has 0 radical (unpaired) electrons. The summed E-state index contributed by atoms with van der Waals surface area (Å²) in [7, 11) is 7.21. The van der Waals surface area contributed by atoms with Crippen molar-refractivity contribution in [3.05, 3.63) is 59.7 Å². The summed E-state index contributed by atoms with van der Waals surface area (Å²) in [5.74, 6) is 2.25. The van der Waals surface area contributed by atoms with Crippen molar-refractivity contribution < 1.29 is 9.47 Å². The van der Waals surface area contributed by atoms with Crippen molar-refractivity contribution >= 4 is 29.9 Å². The molecule has 29 heavy (non-hydrogen) atoms. The van der Waals surface area contributed by atoms with Crippen LogP contribution in [0.2, 0.25) is 0 Å². The zero-order valence-corrected chi connectivity index (χ0v) is 20.1. The molecule has 7 heteroatoms. The van der Waals surface area contributed by atoms with Crippen LogP contribution >= 0.6 is 24.0 Å². The molecular formula is C22H33IN4O2. The first-order valence-electron chi connectivity index (χ1n) is 9.54. The Bertz CT molecular complexity index is 741. The topological polar surface area (TPSA) is 58.1 Å². The quantitative estimate of drug-likeness (QED) is 0.221. The lowest BCUT2D eigenvalue weighted by Crippen LogP contribution is -2.38. The number of halogens is 1. The van der Waals surface area contributed by atoms with E-state index in [-0.39, 0.29) is 24.0 Å². The smallest absolute Gasteiger partial charge is 0.191 e. The molecule has 0 aliphatic heterocycles. The Kier molecular flexibility index (Phi) is 12.1. The van der Waals surface area contributed by atoms with Gasteiger partial charge in [-0.05, 0) is 43.3 Å². The fourth-order valence-corrected chi connectivity index (χ4v) is 2.93. The van der Waals surface area contributed by atoms with E-state index < -0.39 is 0 Å². The van der Waals surface area contributed by atoms with Crippen LogP contribution in [0.3, 0.4) is 0 Å². The van der Waals surface area contributed by atoms with E-state index in [0.717, 1.165) is 49.1 Å². The molecule has 0 saturated heterocycles. The highest BCUT2D eigenvalue weighted by atomic mass is 127. The Morgan fingerprint density at radius 3 is 2.34 bits per heavy atom. The van der Waals surface area contributed by atoms with Crippen molar-refractivity contribution in [2.45, 2.75) is 19.5 Å². The van der Waals surface area contributed by atoms with Gasteiger partial charge in [-0.3, -0.25) is 4.99 Å². The van der Waals surface area contributed by atoms with Gasteiger partial charge in [-0.2, -0.15) is 0 Å². The maximum absolute atomic E-state index is 5.35. The normalized spacial score (nSPS) is 11.0. The Morgan fingerprint density at radius 1 is 0.966 bits per heavy atom. The van der Waals surface area contributed by atoms with Crippen LogP contribution in [0.25, 0.3) is 0 Å². The molecule has 160 valence electrons. The van der Waals surface area contributed by atoms with E-state index in [1.165, 1.54) is 5.56 Å². The van der Waals surface area contributed by atoms with Crippen LogP contribution in [0.15, 0.2) is 53.5 Å². The molecule has 0 saturated carbocycles. The van der Waals surface area contributed by atoms with Gasteiger partial charge in [-0.1, -0.05) is 36.4 Å². The molecule has 0 heterocycles. The third-order valence-electron chi connectivity index (χ3n) is 4.44. The number of hydrogen-bond donors (Lipinski definition) is 2. The molecule has 0 spiro atoms. The summed E-state index contributed by atoms with van der Waals surface area (Å²) in [6.07, 6.45) is 1.04. The number of nitrogens with zero attached hydrogens (tertiary/aromatic N) is 2.